The molecule has 0 atom stereocenters. The van der Waals surface area contributed by atoms with Gasteiger partial charge >= 0.3 is 0 Å². The van der Waals surface area contributed by atoms with Crippen LogP contribution in [0, 0.1) is 5.82 Å². The molecule has 0 spiro atoms. The minimum absolute atomic E-state index is 0.342. The maximum absolute atomic E-state index is 13.5. The number of aromatic amines is 1. The van der Waals surface area contributed by atoms with Gasteiger partial charge in [0.25, 0.3) is 0 Å². The van der Waals surface area contributed by atoms with Crippen LogP contribution in [-0.4, -0.2) is 17.1 Å². The maximum atomic E-state index is 13.5. The summed E-state index contributed by atoms with van der Waals surface area (Å²) in [5.41, 5.74) is 2.01. The van der Waals surface area contributed by atoms with Crippen molar-refractivity contribution in [3.05, 3.63) is 45.6 Å². The molecule has 0 saturated heterocycles. The fourth-order valence-corrected chi connectivity index (χ4v) is 2.50. The molecule has 1 heterocycles. The molecule has 0 aliphatic rings. The van der Waals surface area contributed by atoms with Gasteiger partial charge in [-0.2, -0.15) is 0 Å². The highest BCUT2D eigenvalue weighted by molar-refractivity contribution is 9.10. The number of halogens is 3. The van der Waals surface area contributed by atoms with Gasteiger partial charge in [-0.1, -0.05) is 11.6 Å². The third-order valence-corrected chi connectivity index (χ3v) is 3.78. The Hall–Kier alpha value is -1.59. The van der Waals surface area contributed by atoms with E-state index in [0.29, 0.717) is 32.1 Å². The van der Waals surface area contributed by atoms with E-state index < -0.39 is 0 Å². The first-order valence-electron chi connectivity index (χ1n) is 5.77. The SMILES string of the molecule is COc1ccc(Cl)cc1-c1nc2cc(Br)c(F)cc2[nH]1. The standard InChI is InChI=1S/C14H9BrClFN2O/c1-20-13-3-2-7(16)4-8(13)14-18-11-5-9(15)10(17)6-12(11)19-14/h2-6H,1H3,(H,18,19). The highest BCUT2D eigenvalue weighted by atomic mass is 79.9. The molecule has 3 aromatic rings. The summed E-state index contributed by atoms with van der Waals surface area (Å²) >= 11 is 9.16. The van der Waals surface area contributed by atoms with Gasteiger partial charge in [-0.25, -0.2) is 9.37 Å². The van der Waals surface area contributed by atoms with Crippen molar-refractivity contribution in [2.45, 2.75) is 0 Å². The summed E-state index contributed by atoms with van der Waals surface area (Å²) in [7, 11) is 1.58. The Bertz CT molecular complexity index is 764. The van der Waals surface area contributed by atoms with Crippen LogP contribution in [0.5, 0.6) is 5.75 Å². The molecule has 0 unspecified atom stereocenters. The lowest BCUT2D eigenvalue weighted by atomic mass is 10.2. The van der Waals surface area contributed by atoms with Gasteiger partial charge in [0.2, 0.25) is 0 Å². The number of rotatable bonds is 2. The van der Waals surface area contributed by atoms with Crippen LogP contribution in [0.2, 0.25) is 5.02 Å². The fourth-order valence-electron chi connectivity index (χ4n) is 2.00. The summed E-state index contributed by atoms with van der Waals surface area (Å²) in [6.07, 6.45) is 0. The first-order chi connectivity index (χ1) is 9.58. The van der Waals surface area contributed by atoms with Gasteiger partial charge in [0.1, 0.15) is 17.4 Å². The molecular weight excluding hydrogens is 347 g/mol. The number of aromatic nitrogens is 2. The van der Waals surface area contributed by atoms with E-state index in [1.807, 2.05) is 0 Å². The summed E-state index contributed by atoms with van der Waals surface area (Å²) in [5, 5.41) is 0.577. The van der Waals surface area contributed by atoms with Crippen LogP contribution in [0.4, 0.5) is 4.39 Å². The van der Waals surface area contributed by atoms with Gasteiger partial charge in [0.15, 0.2) is 0 Å². The normalized spacial score (nSPS) is 11.0. The molecule has 3 nitrogen and oxygen atoms in total. The molecule has 0 fully saturated rings. The Morgan fingerprint density at radius 1 is 1.30 bits per heavy atom. The van der Waals surface area contributed by atoms with Crippen LogP contribution < -0.4 is 4.74 Å². The van der Waals surface area contributed by atoms with Crippen molar-refractivity contribution >= 4 is 38.6 Å². The fraction of sp³-hybridized carbons (Fsp3) is 0.0714. The van der Waals surface area contributed by atoms with Crippen molar-refractivity contribution in [3.8, 4) is 17.1 Å². The molecule has 1 N–H and O–H groups in total. The van der Waals surface area contributed by atoms with E-state index in [4.69, 9.17) is 16.3 Å². The first-order valence-corrected chi connectivity index (χ1v) is 6.94. The van der Waals surface area contributed by atoms with Gasteiger partial charge in [0, 0.05) is 11.1 Å². The quantitative estimate of drug-likeness (QED) is 0.717. The predicted molar refractivity (Wildman–Crippen MR) is 80.7 cm³/mol. The summed E-state index contributed by atoms with van der Waals surface area (Å²) in [6.45, 7) is 0. The number of hydrogen-bond donors (Lipinski definition) is 1. The Morgan fingerprint density at radius 3 is 2.85 bits per heavy atom. The van der Waals surface area contributed by atoms with Gasteiger partial charge in [-0.3, -0.25) is 0 Å². The molecule has 0 radical (unpaired) electrons. The molecule has 0 bridgehead atoms. The second-order valence-corrected chi connectivity index (χ2v) is 5.50. The highest BCUT2D eigenvalue weighted by Gasteiger charge is 2.13. The van der Waals surface area contributed by atoms with Crippen LogP contribution in [-0.2, 0) is 0 Å². The van der Waals surface area contributed by atoms with Crippen molar-refractivity contribution in [2.75, 3.05) is 7.11 Å². The van der Waals surface area contributed by atoms with Crippen LogP contribution in [0.1, 0.15) is 0 Å². The summed E-state index contributed by atoms with van der Waals surface area (Å²) in [5.74, 6) is 0.885. The zero-order valence-electron chi connectivity index (χ0n) is 10.4. The molecule has 3 rings (SSSR count). The number of nitrogens with zero attached hydrogens (tertiary/aromatic N) is 1. The first kappa shape index (κ1) is 13.4. The molecular formula is C14H9BrClFN2O. The van der Waals surface area contributed by atoms with Crippen LogP contribution >= 0.6 is 27.5 Å². The average Bonchev–Trinajstić information content (AvgIpc) is 2.82. The number of fused-ring (bicyclic) bond motifs is 1. The third kappa shape index (κ3) is 2.27. The minimum atomic E-state index is -0.342. The Labute approximate surface area is 127 Å². The molecule has 20 heavy (non-hydrogen) atoms. The zero-order valence-corrected chi connectivity index (χ0v) is 12.7. The molecule has 2 aromatic carbocycles. The van der Waals surface area contributed by atoms with E-state index >= 15 is 0 Å². The number of H-pyrrole nitrogens is 1. The molecule has 0 saturated carbocycles. The number of ether oxygens (including phenoxy) is 1. The van der Waals surface area contributed by atoms with Gasteiger partial charge in [0.05, 0.1) is 28.2 Å². The van der Waals surface area contributed by atoms with Crippen LogP contribution in [0.3, 0.4) is 0 Å². The highest BCUT2D eigenvalue weighted by Crippen LogP contribution is 2.32. The van der Waals surface area contributed by atoms with Crippen molar-refractivity contribution in [3.63, 3.8) is 0 Å². The topological polar surface area (TPSA) is 37.9 Å². The number of imidazole rings is 1. The molecule has 1 aromatic heterocycles. The Balaban J connectivity index is 2.22. The lowest BCUT2D eigenvalue weighted by molar-refractivity contribution is 0.416. The van der Waals surface area contributed by atoms with E-state index in [1.54, 1.807) is 31.4 Å². The summed E-state index contributed by atoms with van der Waals surface area (Å²) in [4.78, 5) is 7.52. The smallest absolute Gasteiger partial charge is 0.142 e. The number of methoxy groups -OCH3 is 1. The maximum Gasteiger partial charge on any atom is 0.142 e. The molecule has 6 heteroatoms. The van der Waals surface area contributed by atoms with E-state index in [-0.39, 0.29) is 5.82 Å². The van der Waals surface area contributed by atoms with E-state index in [0.717, 1.165) is 5.56 Å². The average molecular weight is 356 g/mol. The van der Waals surface area contributed by atoms with Crippen LogP contribution in [0.15, 0.2) is 34.8 Å². The molecule has 102 valence electrons. The Kier molecular flexibility index (Phi) is 3.40. The van der Waals surface area contributed by atoms with E-state index in [2.05, 4.69) is 25.9 Å². The van der Waals surface area contributed by atoms with Crippen molar-refractivity contribution in [2.24, 2.45) is 0 Å². The molecule has 0 amide bonds. The van der Waals surface area contributed by atoms with Gasteiger partial charge in [-0.15, -0.1) is 0 Å². The predicted octanol–water partition coefficient (Wildman–Crippen LogP) is 4.79. The number of benzene rings is 2. The summed E-state index contributed by atoms with van der Waals surface area (Å²) in [6, 6.07) is 8.28. The second kappa shape index (κ2) is 5.07. The lowest BCUT2D eigenvalue weighted by Gasteiger charge is -2.05. The number of nitrogens with one attached hydrogen (secondary N) is 1. The van der Waals surface area contributed by atoms with E-state index in [9.17, 15) is 4.39 Å². The second-order valence-electron chi connectivity index (χ2n) is 4.21. The number of hydrogen-bond acceptors (Lipinski definition) is 2. The van der Waals surface area contributed by atoms with E-state index in [1.165, 1.54) is 6.07 Å². The van der Waals surface area contributed by atoms with Gasteiger partial charge < -0.3 is 9.72 Å². The van der Waals surface area contributed by atoms with Gasteiger partial charge in [-0.05, 0) is 40.2 Å². The van der Waals surface area contributed by atoms with Crippen molar-refractivity contribution < 1.29 is 9.13 Å². The molecule has 0 aliphatic heterocycles. The monoisotopic (exact) mass is 354 g/mol. The zero-order chi connectivity index (χ0) is 14.3. The Morgan fingerprint density at radius 2 is 2.10 bits per heavy atom. The minimum Gasteiger partial charge on any atom is -0.496 e. The van der Waals surface area contributed by atoms with Crippen molar-refractivity contribution in [1.82, 2.24) is 9.97 Å². The van der Waals surface area contributed by atoms with Crippen LogP contribution in [0.25, 0.3) is 22.4 Å². The lowest BCUT2D eigenvalue weighted by Crippen LogP contribution is -1.89. The molecule has 0 aliphatic carbocycles. The third-order valence-electron chi connectivity index (χ3n) is 2.94. The summed E-state index contributed by atoms with van der Waals surface area (Å²) < 4.78 is 19.2. The largest absolute Gasteiger partial charge is 0.496 e. The van der Waals surface area contributed by atoms with Crippen molar-refractivity contribution in [1.29, 1.82) is 0 Å².